The van der Waals surface area contributed by atoms with Crippen LogP contribution in [0.4, 0.5) is 0 Å². The fourth-order valence-electron chi connectivity index (χ4n) is 2.26. The summed E-state index contributed by atoms with van der Waals surface area (Å²) in [5.74, 6) is -0.0118. The molecule has 0 aliphatic carbocycles. The van der Waals surface area contributed by atoms with Crippen molar-refractivity contribution in [2.45, 2.75) is 31.3 Å². The largest absolute Gasteiger partial charge is 0.376 e. The van der Waals surface area contributed by atoms with Gasteiger partial charge in [-0.1, -0.05) is 6.07 Å². The number of carbonyl (C=O) groups excluding carboxylic acids is 1. The number of ether oxygens (including phenoxy) is 1. The number of nitrogens with two attached hydrogens (primary N) is 1. The molecule has 2 atom stereocenters. The minimum absolute atomic E-state index is 0.0107. The Bertz CT molecular complexity index is 391. The summed E-state index contributed by atoms with van der Waals surface area (Å²) in [6.07, 6.45) is 4.39. The van der Waals surface area contributed by atoms with Crippen molar-refractivity contribution in [3.8, 4) is 0 Å². The van der Waals surface area contributed by atoms with Crippen molar-refractivity contribution < 1.29 is 9.53 Å². The van der Waals surface area contributed by atoms with Gasteiger partial charge in [-0.05, 0) is 25.0 Å². The summed E-state index contributed by atoms with van der Waals surface area (Å²) < 4.78 is 5.47. The number of nitrogens with one attached hydrogen (secondary N) is 1. The van der Waals surface area contributed by atoms with E-state index in [2.05, 4.69) is 10.3 Å². The molecule has 1 saturated heterocycles. The fourth-order valence-corrected chi connectivity index (χ4v) is 2.26. The van der Waals surface area contributed by atoms with Crippen molar-refractivity contribution in [3.05, 3.63) is 30.1 Å². The molecule has 104 valence electrons. The molecule has 0 saturated carbocycles. The van der Waals surface area contributed by atoms with Crippen LogP contribution in [0.5, 0.6) is 0 Å². The molecule has 2 heterocycles. The number of pyridine rings is 1. The quantitative estimate of drug-likeness (QED) is 0.796. The first-order valence-electron chi connectivity index (χ1n) is 6.79. The van der Waals surface area contributed by atoms with E-state index >= 15 is 0 Å². The van der Waals surface area contributed by atoms with Gasteiger partial charge in [0.1, 0.15) is 0 Å². The lowest BCUT2D eigenvalue weighted by molar-refractivity contribution is -0.122. The predicted molar refractivity (Wildman–Crippen MR) is 72.6 cm³/mol. The Labute approximate surface area is 113 Å². The van der Waals surface area contributed by atoms with Crippen molar-refractivity contribution in [3.63, 3.8) is 0 Å². The second-order valence-corrected chi connectivity index (χ2v) is 4.83. The molecule has 1 fully saturated rings. The standard InChI is InChI=1S/C14H21N3O2/c15-9-11(13-5-1-2-6-16-13)8-14(18)17-10-12-4-3-7-19-12/h1-2,5-6,11-12H,3-4,7-10,15H2,(H,17,18). The van der Waals surface area contributed by atoms with Gasteiger partial charge in [0.15, 0.2) is 0 Å². The minimum atomic E-state index is -0.0225. The van der Waals surface area contributed by atoms with Gasteiger partial charge < -0.3 is 15.8 Å². The third-order valence-electron chi connectivity index (χ3n) is 3.37. The number of amides is 1. The number of hydrogen-bond acceptors (Lipinski definition) is 4. The zero-order valence-electron chi connectivity index (χ0n) is 11.0. The number of aromatic nitrogens is 1. The van der Waals surface area contributed by atoms with Gasteiger partial charge in [-0.2, -0.15) is 0 Å². The summed E-state index contributed by atoms with van der Waals surface area (Å²) >= 11 is 0. The highest BCUT2D eigenvalue weighted by molar-refractivity contribution is 5.76. The summed E-state index contributed by atoms with van der Waals surface area (Å²) in [6.45, 7) is 1.82. The number of hydrogen-bond donors (Lipinski definition) is 2. The third-order valence-corrected chi connectivity index (χ3v) is 3.37. The first-order valence-corrected chi connectivity index (χ1v) is 6.79. The Morgan fingerprint density at radius 2 is 2.47 bits per heavy atom. The van der Waals surface area contributed by atoms with Crippen LogP contribution in [0, 0.1) is 0 Å². The van der Waals surface area contributed by atoms with Crippen molar-refractivity contribution in [2.75, 3.05) is 19.7 Å². The second kappa shape index (κ2) is 7.21. The van der Waals surface area contributed by atoms with E-state index in [0.717, 1.165) is 25.1 Å². The maximum absolute atomic E-state index is 11.9. The Kier molecular flexibility index (Phi) is 5.30. The monoisotopic (exact) mass is 263 g/mol. The van der Waals surface area contributed by atoms with E-state index in [1.165, 1.54) is 0 Å². The van der Waals surface area contributed by atoms with Crippen LogP contribution < -0.4 is 11.1 Å². The molecule has 0 bridgehead atoms. The highest BCUT2D eigenvalue weighted by atomic mass is 16.5. The highest BCUT2D eigenvalue weighted by Crippen LogP contribution is 2.16. The van der Waals surface area contributed by atoms with Crippen LogP contribution in [-0.2, 0) is 9.53 Å². The molecule has 0 radical (unpaired) electrons. The van der Waals surface area contributed by atoms with Crippen LogP contribution in [0.2, 0.25) is 0 Å². The molecule has 2 rings (SSSR count). The second-order valence-electron chi connectivity index (χ2n) is 4.83. The normalized spacial score (nSPS) is 20.2. The van der Waals surface area contributed by atoms with Crippen molar-refractivity contribution >= 4 is 5.91 Å². The molecule has 0 aromatic carbocycles. The maximum atomic E-state index is 11.9. The van der Waals surface area contributed by atoms with Gasteiger partial charge >= 0.3 is 0 Å². The van der Waals surface area contributed by atoms with E-state index in [-0.39, 0.29) is 17.9 Å². The first kappa shape index (κ1) is 14.0. The zero-order valence-corrected chi connectivity index (χ0v) is 11.0. The first-order chi connectivity index (χ1) is 9.29. The minimum Gasteiger partial charge on any atom is -0.376 e. The lowest BCUT2D eigenvalue weighted by Gasteiger charge is -2.15. The summed E-state index contributed by atoms with van der Waals surface area (Å²) in [5, 5.41) is 2.91. The Morgan fingerprint density at radius 1 is 1.58 bits per heavy atom. The van der Waals surface area contributed by atoms with Crippen LogP contribution in [0.15, 0.2) is 24.4 Å². The van der Waals surface area contributed by atoms with Crippen LogP contribution in [0.3, 0.4) is 0 Å². The molecule has 19 heavy (non-hydrogen) atoms. The van der Waals surface area contributed by atoms with Gasteiger partial charge in [0.25, 0.3) is 0 Å². The Hall–Kier alpha value is -1.46. The molecule has 1 aliphatic rings. The topological polar surface area (TPSA) is 77.2 Å². The van der Waals surface area contributed by atoms with Crippen LogP contribution in [-0.4, -0.2) is 36.7 Å². The van der Waals surface area contributed by atoms with Gasteiger partial charge in [-0.3, -0.25) is 9.78 Å². The molecule has 5 heteroatoms. The fraction of sp³-hybridized carbons (Fsp3) is 0.571. The molecule has 5 nitrogen and oxygen atoms in total. The van der Waals surface area contributed by atoms with E-state index in [1.54, 1.807) is 6.20 Å². The molecular weight excluding hydrogens is 242 g/mol. The van der Waals surface area contributed by atoms with E-state index in [0.29, 0.717) is 19.5 Å². The van der Waals surface area contributed by atoms with Crippen molar-refractivity contribution in [1.82, 2.24) is 10.3 Å². The summed E-state index contributed by atoms with van der Waals surface area (Å²) in [4.78, 5) is 16.1. The average molecular weight is 263 g/mol. The molecule has 1 amide bonds. The van der Waals surface area contributed by atoms with Gasteiger partial charge in [-0.25, -0.2) is 0 Å². The Morgan fingerprint density at radius 3 is 3.11 bits per heavy atom. The van der Waals surface area contributed by atoms with Gasteiger partial charge in [-0.15, -0.1) is 0 Å². The smallest absolute Gasteiger partial charge is 0.220 e. The van der Waals surface area contributed by atoms with E-state index in [4.69, 9.17) is 10.5 Å². The number of rotatable bonds is 6. The SMILES string of the molecule is NCC(CC(=O)NCC1CCCO1)c1ccccn1. The molecule has 0 spiro atoms. The molecule has 1 aliphatic heterocycles. The third kappa shape index (κ3) is 4.29. The van der Waals surface area contributed by atoms with Gasteiger partial charge in [0.05, 0.1) is 6.10 Å². The van der Waals surface area contributed by atoms with E-state index in [1.807, 2.05) is 18.2 Å². The highest BCUT2D eigenvalue weighted by Gasteiger charge is 2.19. The molecule has 2 unspecified atom stereocenters. The number of nitrogens with zero attached hydrogens (tertiary/aromatic N) is 1. The van der Waals surface area contributed by atoms with E-state index in [9.17, 15) is 4.79 Å². The van der Waals surface area contributed by atoms with Crippen LogP contribution >= 0.6 is 0 Å². The summed E-state index contributed by atoms with van der Waals surface area (Å²) in [5.41, 5.74) is 6.60. The van der Waals surface area contributed by atoms with Crippen LogP contribution in [0.25, 0.3) is 0 Å². The Balaban J connectivity index is 1.79. The lowest BCUT2D eigenvalue weighted by Crippen LogP contribution is -2.33. The van der Waals surface area contributed by atoms with Crippen molar-refractivity contribution in [1.29, 1.82) is 0 Å². The van der Waals surface area contributed by atoms with Crippen LogP contribution in [0.1, 0.15) is 30.9 Å². The van der Waals surface area contributed by atoms with Crippen molar-refractivity contribution in [2.24, 2.45) is 5.73 Å². The predicted octanol–water partition coefficient (Wildman–Crippen LogP) is 0.809. The summed E-state index contributed by atoms with van der Waals surface area (Å²) in [6, 6.07) is 5.68. The van der Waals surface area contributed by atoms with Gasteiger partial charge in [0, 0.05) is 43.9 Å². The lowest BCUT2D eigenvalue weighted by atomic mass is 10.0. The zero-order chi connectivity index (χ0) is 13.5. The number of carbonyl (C=O) groups is 1. The maximum Gasteiger partial charge on any atom is 0.220 e. The summed E-state index contributed by atoms with van der Waals surface area (Å²) in [7, 11) is 0. The molecule has 3 N–H and O–H groups in total. The molecule has 1 aromatic rings. The molecular formula is C14H21N3O2. The van der Waals surface area contributed by atoms with Gasteiger partial charge in [0.2, 0.25) is 5.91 Å². The van der Waals surface area contributed by atoms with E-state index < -0.39 is 0 Å². The average Bonchev–Trinajstić information content (AvgIpc) is 2.97. The molecule has 1 aromatic heterocycles.